The number of nitrogens with one attached hydrogen (secondary N) is 2. The Kier molecular flexibility index (Phi) is 8.64. The monoisotopic (exact) mass is 441 g/mol. The fraction of sp³-hybridized carbons (Fsp3) is 0.400. The first kappa shape index (κ1) is 23.7. The van der Waals surface area contributed by atoms with Crippen LogP contribution in [0.4, 0.5) is 13.2 Å². The Morgan fingerprint density at radius 2 is 1.93 bits per heavy atom. The number of thioether (sulfide) groups is 1. The maximum Gasteiger partial charge on any atom is 0.450 e. The van der Waals surface area contributed by atoms with Crippen LogP contribution in [0.25, 0.3) is 10.9 Å². The van der Waals surface area contributed by atoms with Gasteiger partial charge in [-0.1, -0.05) is 18.2 Å². The van der Waals surface area contributed by atoms with Crippen LogP contribution in [-0.4, -0.2) is 46.3 Å². The normalized spacial score (nSPS) is 12.4. The van der Waals surface area contributed by atoms with E-state index in [-0.39, 0.29) is 24.6 Å². The third-order valence-corrected chi connectivity index (χ3v) is 5.18. The van der Waals surface area contributed by atoms with Gasteiger partial charge in [-0.05, 0) is 36.3 Å². The highest BCUT2D eigenvalue weighted by Gasteiger charge is 2.37. The minimum absolute atomic E-state index is 0.224. The average Bonchev–Trinajstić information content (AvgIpc) is 2.69. The van der Waals surface area contributed by atoms with Crippen LogP contribution in [0.5, 0.6) is 0 Å². The number of carbonyl (C=O) groups is 3. The zero-order valence-corrected chi connectivity index (χ0v) is 17.1. The number of carbonyl (C=O) groups excluding carboxylic acids is 3. The number of nitrogens with zero attached hydrogens (tertiary/aromatic N) is 1. The number of hydrogen-bond acceptors (Lipinski definition) is 5. The van der Waals surface area contributed by atoms with E-state index < -0.39 is 29.7 Å². The van der Waals surface area contributed by atoms with Gasteiger partial charge in [0.05, 0.1) is 11.3 Å². The Balaban J connectivity index is 1.83. The highest BCUT2D eigenvalue weighted by molar-refractivity contribution is 7.99. The molecule has 0 bridgehead atoms. The summed E-state index contributed by atoms with van der Waals surface area (Å²) in [6.45, 7) is 1.51. The lowest BCUT2D eigenvalue weighted by Gasteiger charge is -2.17. The molecule has 10 heteroatoms. The third-order valence-electron chi connectivity index (χ3n) is 4.14. The molecule has 1 atom stereocenters. The Hall–Kier alpha value is -2.62. The van der Waals surface area contributed by atoms with E-state index in [1.54, 1.807) is 6.20 Å². The molecular weight excluding hydrogens is 419 g/mol. The SMILES string of the molecule is CC(=O)N[C@@H](CCCSCC(=O)C(F)(F)F)C(=O)NCc1cnc2ccccc2c1. The zero-order valence-electron chi connectivity index (χ0n) is 16.3. The number of pyridine rings is 1. The number of halogens is 3. The lowest BCUT2D eigenvalue weighted by Crippen LogP contribution is -2.45. The van der Waals surface area contributed by atoms with Crippen LogP contribution in [0.2, 0.25) is 0 Å². The molecule has 1 aromatic carbocycles. The Morgan fingerprint density at radius 1 is 1.20 bits per heavy atom. The molecule has 0 saturated carbocycles. The molecule has 0 fully saturated rings. The Morgan fingerprint density at radius 3 is 2.63 bits per heavy atom. The Bertz CT molecular complexity index is 905. The van der Waals surface area contributed by atoms with Crippen molar-refractivity contribution in [2.75, 3.05) is 11.5 Å². The molecule has 0 unspecified atom stereocenters. The summed E-state index contributed by atoms with van der Waals surface area (Å²) < 4.78 is 36.5. The molecule has 0 radical (unpaired) electrons. The van der Waals surface area contributed by atoms with E-state index in [0.29, 0.717) is 6.42 Å². The number of rotatable bonds is 10. The third kappa shape index (κ3) is 7.66. The fourth-order valence-electron chi connectivity index (χ4n) is 2.68. The number of ketones is 1. The first-order chi connectivity index (χ1) is 14.2. The number of hydrogen-bond donors (Lipinski definition) is 2. The number of Topliss-reactive ketones (excluding diaryl/α,β-unsaturated/α-hetero) is 1. The van der Waals surface area contributed by atoms with Crippen LogP contribution in [0.15, 0.2) is 36.5 Å². The number of benzene rings is 1. The van der Waals surface area contributed by atoms with Crippen molar-refractivity contribution in [3.8, 4) is 0 Å². The second-order valence-electron chi connectivity index (χ2n) is 6.62. The largest absolute Gasteiger partial charge is 0.450 e. The van der Waals surface area contributed by atoms with Crippen LogP contribution in [0.1, 0.15) is 25.3 Å². The minimum Gasteiger partial charge on any atom is -0.350 e. The summed E-state index contributed by atoms with van der Waals surface area (Å²) in [7, 11) is 0. The second-order valence-corrected chi connectivity index (χ2v) is 7.73. The lowest BCUT2D eigenvalue weighted by molar-refractivity contribution is -0.167. The van der Waals surface area contributed by atoms with Crippen LogP contribution >= 0.6 is 11.8 Å². The van der Waals surface area contributed by atoms with E-state index in [1.807, 2.05) is 30.3 Å². The molecule has 2 amide bonds. The van der Waals surface area contributed by atoms with Crippen molar-refractivity contribution >= 4 is 40.3 Å². The van der Waals surface area contributed by atoms with Crippen molar-refractivity contribution in [3.63, 3.8) is 0 Å². The molecule has 2 rings (SSSR count). The smallest absolute Gasteiger partial charge is 0.350 e. The number of para-hydroxylation sites is 1. The molecule has 0 spiro atoms. The van der Waals surface area contributed by atoms with Gasteiger partial charge in [-0.3, -0.25) is 19.4 Å². The first-order valence-corrected chi connectivity index (χ1v) is 10.4. The zero-order chi connectivity index (χ0) is 22.1. The van der Waals surface area contributed by atoms with E-state index in [1.165, 1.54) is 6.92 Å². The van der Waals surface area contributed by atoms with Crippen molar-refractivity contribution in [1.29, 1.82) is 0 Å². The van der Waals surface area contributed by atoms with Gasteiger partial charge in [0.15, 0.2) is 0 Å². The maximum atomic E-state index is 12.5. The van der Waals surface area contributed by atoms with Crippen LogP contribution in [0.3, 0.4) is 0 Å². The van der Waals surface area contributed by atoms with E-state index >= 15 is 0 Å². The van der Waals surface area contributed by atoms with Gasteiger partial charge in [-0.25, -0.2) is 0 Å². The molecule has 2 aromatic rings. The molecule has 2 N–H and O–H groups in total. The van der Waals surface area contributed by atoms with Gasteiger partial charge in [0.2, 0.25) is 17.6 Å². The number of fused-ring (bicyclic) bond motifs is 1. The van der Waals surface area contributed by atoms with Crippen LogP contribution in [-0.2, 0) is 20.9 Å². The molecule has 0 aliphatic rings. The number of alkyl halides is 3. The van der Waals surface area contributed by atoms with Crippen molar-refractivity contribution in [3.05, 3.63) is 42.1 Å². The molecule has 0 aliphatic carbocycles. The molecule has 0 aliphatic heterocycles. The lowest BCUT2D eigenvalue weighted by atomic mass is 10.1. The maximum absolute atomic E-state index is 12.5. The van der Waals surface area contributed by atoms with Crippen molar-refractivity contribution < 1.29 is 27.6 Å². The van der Waals surface area contributed by atoms with E-state index in [4.69, 9.17) is 0 Å². The summed E-state index contributed by atoms with van der Waals surface area (Å²) in [5, 5.41) is 6.23. The van der Waals surface area contributed by atoms with Gasteiger partial charge in [-0.2, -0.15) is 24.9 Å². The predicted molar refractivity (Wildman–Crippen MR) is 109 cm³/mol. The van der Waals surface area contributed by atoms with Crippen LogP contribution < -0.4 is 10.6 Å². The Labute approximate surface area is 176 Å². The summed E-state index contributed by atoms with van der Waals surface area (Å²) in [5.41, 5.74) is 1.63. The molecule has 6 nitrogen and oxygen atoms in total. The first-order valence-electron chi connectivity index (χ1n) is 9.23. The van der Waals surface area contributed by atoms with E-state index in [2.05, 4.69) is 15.6 Å². The van der Waals surface area contributed by atoms with Gasteiger partial charge >= 0.3 is 6.18 Å². The van der Waals surface area contributed by atoms with Crippen LogP contribution in [0, 0.1) is 0 Å². The van der Waals surface area contributed by atoms with Gasteiger partial charge in [-0.15, -0.1) is 0 Å². The highest BCUT2D eigenvalue weighted by atomic mass is 32.2. The molecule has 162 valence electrons. The van der Waals surface area contributed by atoms with Gasteiger partial charge in [0, 0.05) is 25.1 Å². The van der Waals surface area contributed by atoms with Crippen molar-refractivity contribution in [1.82, 2.24) is 15.6 Å². The number of aromatic nitrogens is 1. The molecular formula is C20H22F3N3O3S. The standard InChI is InChI=1S/C20H22F3N3O3S/c1-13(27)26-17(7-4-8-30-12-18(28)20(21,22)23)19(29)25-11-14-9-15-5-2-3-6-16(15)24-10-14/h2-3,5-6,9-10,17H,4,7-8,11-12H2,1H3,(H,25,29)(H,26,27)/t17-/m0/s1. The topological polar surface area (TPSA) is 88.2 Å². The summed E-state index contributed by atoms with van der Waals surface area (Å²) in [6, 6.07) is 8.66. The van der Waals surface area contributed by atoms with E-state index in [9.17, 15) is 27.6 Å². The molecule has 1 aromatic heterocycles. The van der Waals surface area contributed by atoms with Gasteiger partial charge in [0.1, 0.15) is 6.04 Å². The highest BCUT2D eigenvalue weighted by Crippen LogP contribution is 2.19. The molecule has 0 saturated heterocycles. The second kappa shape index (κ2) is 11.0. The summed E-state index contributed by atoms with van der Waals surface area (Å²) in [5.74, 6) is -2.96. The molecule has 30 heavy (non-hydrogen) atoms. The number of amides is 2. The van der Waals surface area contributed by atoms with Crippen molar-refractivity contribution in [2.45, 2.75) is 38.5 Å². The predicted octanol–water partition coefficient (Wildman–Crippen LogP) is 3.00. The molecule has 1 heterocycles. The average molecular weight is 441 g/mol. The van der Waals surface area contributed by atoms with Gasteiger partial charge in [0.25, 0.3) is 0 Å². The summed E-state index contributed by atoms with van der Waals surface area (Å²) in [6.07, 6.45) is -2.56. The summed E-state index contributed by atoms with van der Waals surface area (Å²) in [4.78, 5) is 39.0. The van der Waals surface area contributed by atoms with Gasteiger partial charge < -0.3 is 10.6 Å². The minimum atomic E-state index is -4.83. The summed E-state index contributed by atoms with van der Waals surface area (Å²) >= 11 is 0.850. The van der Waals surface area contributed by atoms with E-state index in [0.717, 1.165) is 28.2 Å². The quantitative estimate of drug-likeness (QED) is 0.554. The fourth-order valence-corrected chi connectivity index (χ4v) is 3.54. The van der Waals surface area contributed by atoms with Crippen molar-refractivity contribution in [2.24, 2.45) is 0 Å².